The predicted molar refractivity (Wildman–Crippen MR) is 90.2 cm³/mol. The molecule has 0 saturated heterocycles. The van der Waals surface area contributed by atoms with Gasteiger partial charge >= 0.3 is 12.1 Å². The van der Waals surface area contributed by atoms with Crippen molar-refractivity contribution >= 4 is 5.97 Å². The summed E-state index contributed by atoms with van der Waals surface area (Å²) in [6.07, 6.45) is -5.25. The van der Waals surface area contributed by atoms with E-state index in [1.54, 1.807) is 0 Å². The van der Waals surface area contributed by atoms with E-state index in [2.05, 4.69) is 0 Å². The molecule has 3 N–H and O–H groups in total. The molecule has 146 valence electrons. The highest BCUT2D eigenvalue weighted by Gasteiger charge is 2.32. The third-order valence-corrected chi connectivity index (χ3v) is 4.31. The first-order valence-electron chi connectivity index (χ1n) is 7.99. The summed E-state index contributed by atoms with van der Waals surface area (Å²) in [5.41, 5.74) is 4.60. The highest BCUT2D eigenvalue weighted by atomic mass is 19.4. The van der Waals surface area contributed by atoms with E-state index in [4.69, 9.17) is 10.8 Å². The Bertz CT molecular complexity index is 883. The Morgan fingerprint density at radius 3 is 2.00 bits per heavy atom. The summed E-state index contributed by atoms with van der Waals surface area (Å²) in [5.74, 6) is -3.36. The molecule has 0 spiro atoms. The van der Waals surface area contributed by atoms with Gasteiger partial charge in [-0.2, -0.15) is 13.2 Å². The molecule has 0 amide bonds. The Labute approximate surface area is 152 Å². The average molecular weight is 387 g/mol. The number of carboxylic acid groups (broad SMARTS) is 1. The van der Waals surface area contributed by atoms with Crippen LogP contribution < -0.4 is 5.73 Å². The minimum absolute atomic E-state index is 0.0148. The van der Waals surface area contributed by atoms with Gasteiger partial charge in [0.05, 0.1) is 12.0 Å². The fraction of sp³-hybridized carbons (Fsp3) is 0.316. The molecule has 1 atom stereocenters. The first kappa shape index (κ1) is 20.8. The fourth-order valence-corrected chi connectivity index (χ4v) is 3.15. The smallest absolute Gasteiger partial charge is 0.416 e. The molecule has 0 saturated carbocycles. The van der Waals surface area contributed by atoms with Crippen molar-refractivity contribution in [3.8, 4) is 11.1 Å². The Hall–Kier alpha value is -2.48. The zero-order valence-electron chi connectivity index (χ0n) is 14.8. The third kappa shape index (κ3) is 4.10. The summed E-state index contributed by atoms with van der Waals surface area (Å²) >= 11 is 0. The topological polar surface area (TPSA) is 63.3 Å². The molecule has 3 nitrogen and oxygen atoms in total. The molecule has 0 radical (unpaired) electrons. The molecular weight excluding hydrogens is 369 g/mol. The molecule has 2 aromatic rings. The summed E-state index contributed by atoms with van der Waals surface area (Å²) in [5, 5.41) is 8.85. The Kier molecular flexibility index (Phi) is 5.60. The van der Waals surface area contributed by atoms with Gasteiger partial charge in [0, 0.05) is 17.2 Å². The summed E-state index contributed by atoms with van der Waals surface area (Å²) in [7, 11) is 0. The Morgan fingerprint density at radius 1 is 1.04 bits per heavy atom. The van der Waals surface area contributed by atoms with E-state index in [1.165, 1.54) is 26.8 Å². The number of rotatable bonds is 4. The zero-order valence-corrected chi connectivity index (χ0v) is 14.8. The van der Waals surface area contributed by atoms with Crippen LogP contribution in [-0.4, -0.2) is 11.1 Å². The molecule has 27 heavy (non-hydrogen) atoms. The van der Waals surface area contributed by atoms with E-state index >= 15 is 4.39 Å². The van der Waals surface area contributed by atoms with Gasteiger partial charge in [-0.3, -0.25) is 4.79 Å². The minimum Gasteiger partial charge on any atom is -0.481 e. The van der Waals surface area contributed by atoms with E-state index in [0.717, 1.165) is 12.1 Å². The SMILES string of the molecule is Cc1cc(-c2c(C)cc(C(F)(F)F)cc2C)c(F)c(C(N)CC(=O)O)c1F. The fourth-order valence-electron chi connectivity index (χ4n) is 3.15. The van der Waals surface area contributed by atoms with E-state index in [0.29, 0.717) is 0 Å². The monoisotopic (exact) mass is 387 g/mol. The molecule has 0 bridgehead atoms. The molecule has 0 aliphatic rings. The van der Waals surface area contributed by atoms with Gasteiger partial charge in [-0.05, 0) is 61.2 Å². The van der Waals surface area contributed by atoms with Crippen LogP contribution in [0.15, 0.2) is 18.2 Å². The van der Waals surface area contributed by atoms with Gasteiger partial charge in [0.25, 0.3) is 0 Å². The lowest BCUT2D eigenvalue weighted by molar-refractivity contribution is -0.138. The van der Waals surface area contributed by atoms with Gasteiger partial charge in [0.1, 0.15) is 11.6 Å². The Balaban J connectivity index is 2.74. The molecule has 2 rings (SSSR count). The average Bonchev–Trinajstić information content (AvgIpc) is 2.50. The second-order valence-corrected chi connectivity index (χ2v) is 6.47. The van der Waals surface area contributed by atoms with E-state index in [-0.39, 0.29) is 27.8 Å². The number of hydrogen-bond acceptors (Lipinski definition) is 2. The first-order valence-corrected chi connectivity index (χ1v) is 7.99. The highest BCUT2D eigenvalue weighted by molar-refractivity contribution is 5.74. The van der Waals surface area contributed by atoms with E-state index < -0.39 is 47.4 Å². The first-order chi connectivity index (χ1) is 12.3. The van der Waals surface area contributed by atoms with Crippen LogP contribution in [0.25, 0.3) is 11.1 Å². The van der Waals surface area contributed by atoms with Crippen LogP contribution in [0.2, 0.25) is 0 Å². The van der Waals surface area contributed by atoms with Crippen LogP contribution >= 0.6 is 0 Å². The summed E-state index contributed by atoms with van der Waals surface area (Å²) in [4.78, 5) is 10.9. The molecular formula is C19H18F5NO2. The maximum Gasteiger partial charge on any atom is 0.416 e. The number of benzene rings is 2. The molecule has 0 aromatic heterocycles. The van der Waals surface area contributed by atoms with Crippen LogP contribution in [0.4, 0.5) is 22.0 Å². The van der Waals surface area contributed by atoms with E-state index in [9.17, 15) is 22.4 Å². The minimum atomic E-state index is -4.56. The van der Waals surface area contributed by atoms with Crippen molar-refractivity contribution in [3.63, 3.8) is 0 Å². The van der Waals surface area contributed by atoms with Crippen molar-refractivity contribution in [1.29, 1.82) is 0 Å². The number of carbonyl (C=O) groups is 1. The van der Waals surface area contributed by atoms with Crippen molar-refractivity contribution in [3.05, 3.63) is 57.7 Å². The van der Waals surface area contributed by atoms with Gasteiger partial charge in [0.2, 0.25) is 0 Å². The van der Waals surface area contributed by atoms with Gasteiger partial charge < -0.3 is 10.8 Å². The maximum atomic E-state index is 15.1. The van der Waals surface area contributed by atoms with Gasteiger partial charge in [-0.1, -0.05) is 0 Å². The highest BCUT2D eigenvalue weighted by Crippen LogP contribution is 2.39. The second kappa shape index (κ2) is 7.26. The van der Waals surface area contributed by atoms with Crippen LogP contribution in [0.3, 0.4) is 0 Å². The quantitative estimate of drug-likeness (QED) is 0.722. The van der Waals surface area contributed by atoms with Gasteiger partial charge in [-0.25, -0.2) is 8.78 Å². The van der Waals surface area contributed by atoms with Crippen molar-refractivity contribution in [2.24, 2.45) is 5.73 Å². The van der Waals surface area contributed by atoms with Crippen LogP contribution in [-0.2, 0) is 11.0 Å². The van der Waals surface area contributed by atoms with Crippen LogP contribution in [0.5, 0.6) is 0 Å². The molecule has 8 heteroatoms. The Morgan fingerprint density at radius 2 is 1.56 bits per heavy atom. The number of aliphatic carboxylic acids is 1. The predicted octanol–water partition coefficient (Wildman–Crippen LogP) is 5.05. The number of hydrogen-bond donors (Lipinski definition) is 2. The largest absolute Gasteiger partial charge is 0.481 e. The van der Waals surface area contributed by atoms with E-state index in [1.807, 2.05) is 0 Å². The molecule has 0 fully saturated rings. The molecule has 0 aliphatic carbocycles. The normalized spacial score (nSPS) is 12.9. The molecule has 0 aliphatic heterocycles. The third-order valence-electron chi connectivity index (χ3n) is 4.31. The van der Waals surface area contributed by atoms with Crippen LogP contribution in [0.1, 0.15) is 40.3 Å². The number of alkyl halides is 3. The number of carboxylic acids is 1. The molecule has 2 aromatic carbocycles. The van der Waals surface area contributed by atoms with Gasteiger partial charge in [-0.15, -0.1) is 0 Å². The van der Waals surface area contributed by atoms with Crippen molar-refractivity contribution < 1.29 is 31.9 Å². The second-order valence-electron chi connectivity index (χ2n) is 6.47. The van der Waals surface area contributed by atoms with Crippen LogP contribution in [0, 0.1) is 32.4 Å². The number of halogens is 5. The summed E-state index contributed by atoms with van der Waals surface area (Å²) in [6, 6.07) is 1.52. The standard InChI is InChI=1S/C19H18F5NO2/c1-8-4-11(19(22,23)24)5-9(2)15(8)12-6-10(3)17(20)16(18(12)21)13(25)7-14(26)27/h4-6,13H,7,25H2,1-3H3,(H,26,27). The number of nitrogens with two attached hydrogens (primary N) is 1. The molecule has 1 unspecified atom stereocenters. The van der Waals surface area contributed by atoms with Crippen molar-refractivity contribution in [2.75, 3.05) is 0 Å². The summed E-state index contributed by atoms with van der Waals surface area (Å²) < 4.78 is 68.4. The lowest BCUT2D eigenvalue weighted by Gasteiger charge is -2.20. The summed E-state index contributed by atoms with van der Waals surface area (Å²) in [6.45, 7) is 4.14. The number of aryl methyl sites for hydroxylation is 3. The zero-order chi connectivity index (χ0) is 20.7. The van der Waals surface area contributed by atoms with Crippen molar-refractivity contribution in [2.45, 2.75) is 39.4 Å². The lowest BCUT2D eigenvalue weighted by Crippen LogP contribution is -2.19. The van der Waals surface area contributed by atoms with Gasteiger partial charge in [0.15, 0.2) is 0 Å². The van der Waals surface area contributed by atoms with Crippen molar-refractivity contribution in [1.82, 2.24) is 0 Å². The molecule has 0 heterocycles. The maximum absolute atomic E-state index is 15.1. The lowest BCUT2D eigenvalue weighted by atomic mass is 9.89.